The van der Waals surface area contributed by atoms with Crippen LogP contribution in [-0.4, -0.2) is 487 Å². The maximum atomic E-state index is 12.5. The number of nitrogens with zero attached hydrogens (tertiary/aromatic N) is 10. The number of methoxy groups -OCH3 is 4. The third-order valence-electron chi connectivity index (χ3n) is 15.8. The van der Waals surface area contributed by atoms with Gasteiger partial charge in [0.1, 0.15) is 0 Å². The summed E-state index contributed by atoms with van der Waals surface area (Å²) >= 11 is 0. The lowest BCUT2D eigenvalue weighted by atomic mass is 10.1. The number of aliphatic hydroxyl groups excluding tert-OH is 2. The SMILES string of the molecule is COCCOCCOCC(COCCOCCOC)N(CCN(CC(O)CN1CCN(CC(=O)O)CCN(C(=O)O)CCN(CC(=O)O)CC1)C(COCCOCCOC)COCCOCCOC)CC(O)CN1CCN(CC(=O)O)CCN(CC(=O)O)CCN(CC(=O)O)CC1. The minimum absolute atomic E-state index is 0.00103. The average Bonchev–Trinajstić information content (AvgIpc) is 0.998. The number of carboxylic acids is 5. The second kappa shape index (κ2) is 57.3. The Kier molecular flexibility index (Phi) is 52.5. The van der Waals surface area contributed by atoms with Gasteiger partial charge in [-0.05, 0) is 0 Å². The highest BCUT2D eigenvalue weighted by atomic mass is 16.6. The summed E-state index contributed by atoms with van der Waals surface area (Å²) < 4.78 is 68.8. The van der Waals surface area contributed by atoms with Crippen LogP contribution < -0.4 is 0 Å². The van der Waals surface area contributed by atoms with Crippen LogP contribution in [-0.2, 0) is 80.8 Å². The van der Waals surface area contributed by atoms with Gasteiger partial charge in [0.2, 0.25) is 0 Å². The minimum Gasteiger partial charge on any atom is -0.480 e. The fourth-order valence-electron chi connectivity index (χ4n) is 10.6. The molecule has 0 bridgehead atoms. The van der Waals surface area contributed by atoms with Gasteiger partial charge in [0.15, 0.2) is 0 Å². The van der Waals surface area contributed by atoms with Gasteiger partial charge in [-0.2, -0.15) is 0 Å². The molecule has 0 radical (unpaired) electrons. The van der Waals surface area contributed by atoms with E-state index in [9.17, 15) is 69.6 Å². The zero-order valence-corrected chi connectivity index (χ0v) is 57.9. The molecular formula is C61H118N10O26. The van der Waals surface area contributed by atoms with E-state index in [1.54, 1.807) is 52.9 Å². The van der Waals surface area contributed by atoms with Gasteiger partial charge in [-0.15, -0.1) is 0 Å². The van der Waals surface area contributed by atoms with E-state index in [-0.39, 0.29) is 256 Å². The quantitative estimate of drug-likeness (QED) is 0.0265. The first-order valence-corrected chi connectivity index (χ1v) is 33.3. The summed E-state index contributed by atoms with van der Waals surface area (Å²) in [7, 11) is 6.28. The monoisotopic (exact) mass is 1410 g/mol. The van der Waals surface area contributed by atoms with Crippen LogP contribution in [0.2, 0.25) is 0 Å². The van der Waals surface area contributed by atoms with Gasteiger partial charge in [-0.3, -0.25) is 68.1 Å². The van der Waals surface area contributed by atoms with E-state index < -0.39 is 60.2 Å². The van der Waals surface area contributed by atoms with Crippen molar-refractivity contribution in [2.75, 3.05) is 337 Å². The van der Waals surface area contributed by atoms with Crippen molar-refractivity contribution in [2.45, 2.75) is 24.3 Å². The predicted molar refractivity (Wildman–Crippen MR) is 350 cm³/mol. The Bertz CT molecular complexity index is 1940. The summed E-state index contributed by atoms with van der Waals surface area (Å²) in [4.78, 5) is 90.1. The number of hydrogen-bond donors (Lipinski definition) is 8. The van der Waals surface area contributed by atoms with Crippen LogP contribution in [0.25, 0.3) is 0 Å². The molecule has 2 fully saturated rings. The Morgan fingerprint density at radius 2 is 0.515 bits per heavy atom. The molecule has 97 heavy (non-hydrogen) atoms. The third-order valence-corrected chi connectivity index (χ3v) is 15.8. The lowest BCUT2D eigenvalue weighted by Gasteiger charge is -2.39. The number of carboxylic acid groups (broad SMARTS) is 6. The molecule has 2 unspecified atom stereocenters. The second-order valence-corrected chi connectivity index (χ2v) is 23.5. The van der Waals surface area contributed by atoms with Crippen molar-refractivity contribution in [3.05, 3.63) is 0 Å². The summed E-state index contributed by atoms with van der Waals surface area (Å²) in [5, 5.41) is 84.4. The second-order valence-electron chi connectivity index (χ2n) is 23.5. The molecule has 0 aromatic carbocycles. The van der Waals surface area contributed by atoms with Gasteiger partial charge >= 0.3 is 35.9 Å². The van der Waals surface area contributed by atoms with Crippen molar-refractivity contribution in [3.8, 4) is 0 Å². The molecule has 2 atom stereocenters. The highest BCUT2D eigenvalue weighted by molar-refractivity contribution is 5.70. The first-order valence-electron chi connectivity index (χ1n) is 33.3. The number of amides is 1. The van der Waals surface area contributed by atoms with Gasteiger partial charge in [0, 0.05) is 172 Å². The van der Waals surface area contributed by atoms with Crippen molar-refractivity contribution in [3.63, 3.8) is 0 Å². The molecule has 36 nitrogen and oxygen atoms in total. The standard InChI is InChI=1S/C61H118N10O26/c1-86-23-27-90-31-35-94-48-52(49-95-36-32-91-28-24-87-2)70(41-54(72)39-62-5-9-64(43-56(74)75)13-15-66(45-58(78)79)16-14-65(10-6-62)44-57(76)77)21-22-71(53(50-96-37-33-92-29-25-88-3)51-97-38-34-93-30-26-89-4)42-55(73)40-63-7-11-67(46-59(80)81)17-19-69(61(84)85)20-18-68(12-8-63)47-60(82)83/h52-55,72-73H,5-51H2,1-4H3,(H,74,75)(H,76,77)(H,78,79)(H,80,81)(H,82,83)(H,84,85). The fraction of sp³-hybridized carbons (Fsp3) is 0.902. The van der Waals surface area contributed by atoms with Crippen LogP contribution in [0.4, 0.5) is 4.79 Å². The number of hydrogen-bond acceptors (Lipinski definition) is 29. The molecule has 0 spiro atoms. The number of aliphatic carboxylic acids is 5. The molecule has 0 saturated carbocycles. The number of aliphatic hydroxyl groups is 2. The zero-order valence-electron chi connectivity index (χ0n) is 57.9. The fourth-order valence-corrected chi connectivity index (χ4v) is 10.6. The third kappa shape index (κ3) is 47.4. The molecule has 2 aliphatic heterocycles. The molecule has 0 aromatic rings. The van der Waals surface area contributed by atoms with Gasteiger partial charge in [0.25, 0.3) is 0 Å². The Labute approximate surface area is 571 Å². The van der Waals surface area contributed by atoms with Crippen LogP contribution in [0.3, 0.4) is 0 Å². The van der Waals surface area contributed by atoms with E-state index in [0.717, 1.165) is 4.90 Å². The topological polar surface area (TPSA) is 407 Å². The molecular weight excluding hydrogens is 1290 g/mol. The highest BCUT2D eigenvalue weighted by Gasteiger charge is 2.30. The van der Waals surface area contributed by atoms with Gasteiger partial charge in [0.05, 0.1) is 189 Å². The van der Waals surface area contributed by atoms with Crippen molar-refractivity contribution in [1.82, 2.24) is 49.0 Å². The molecule has 0 aromatic heterocycles. The molecule has 2 rings (SSSR count). The normalized spacial score (nSPS) is 17.3. The molecule has 568 valence electrons. The Hall–Kier alpha value is -4.30. The van der Waals surface area contributed by atoms with E-state index in [1.807, 2.05) is 19.6 Å². The zero-order chi connectivity index (χ0) is 71.3. The summed E-state index contributed by atoms with van der Waals surface area (Å²) in [5.41, 5.74) is 0. The molecule has 2 aliphatic rings. The lowest BCUT2D eigenvalue weighted by molar-refractivity contribution is -0.140. The summed E-state index contributed by atoms with van der Waals surface area (Å²) in [6.45, 7) is 6.37. The van der Waals surface area contributed by atoms with E-state index in [4.69, 9.17) is 56.8 Å². The molecule has 2 saturated heterocycles. The summed E-state index contributed by atoms with van der Waals surface area (Å²) in [5.74, 6) is -5.45. The van der Waals surface area contributed by atoms with E-state index in [1.165, 1.54) is 0 Å². The Balaban J connectivity index is 2.81. The van der Waals surface area contributed by atoms with Gasteiger partial charge in [-0.25, -0.2) is 4.79 Å². The average molecular weight is 1410 g/mol. The molecule has 0 aliphatic carbocycles. The first-order chi connectivity index (χ1) is 46.7. The lowest BCUT2D eigenvalue weighted by Crippen LogP contribution is -2.55. The maximum Gasteiger partial charge on any atom is 0.407 e. The van der Waals surface area contributed by atoms with Crippen LogP contribution in [0, 0.1) is 0 Å². The van der Waals surface area contributed by atoms with Crippen molar-refractivity contribution >= 4 is 35.9 Å². The molecule has 36 heteroatoms. The molecule has 1 amide bonds. The number of ether oxygens (including phenoxy) is 12. The van der Waals surface area contributed by atoms with Crippen molar-refractivity contribution in [2.24, 2.45) is 0 Å². The predicted octanol–water partition coefficient (Wildman–Crippen LogP) is -4.69. The Morgan fingerprint density at radius 1 is 0.309 bits per heavy atom. The number of rotatable bonds is 55. The van der Waals surface area contributed by atoms with Crippen LogP contribution in [0.1, 0.15) is 0 Å². The van der Waals surface area contributed by atoms with Crippen molar-refractivity contribution < 1.29 is 126 Å². The molecule has 2 heterocycles. The smallest absolute Gasteiger partial charge is 0.407 e. The summed E-state index contributed by atoms with van der Waals surface area (Å²) in [6, 6.07) is -1.11. The summed E-state index contributed by atoms with van der Waals surface area (Å²) in [6.07, 6.45) is -3.46. The van der Waals surface area contributed by atoms with Gasteiger partial charge < -0.3 is 103 Å². The highest BCUT2D eigenvalue weighted by Crippen LogP contribution is 2.13. The maximum absolute atomic E-state index is 12.5. The largest absolute Gasteiger partial charge is 0.480 e. The number of carbonyl (C=O) groups is 6. The molecule has 8 N–H and O–H groups in total. The van der Waals surface area contributed by atoms with Gasteiger partial charge in [-0.1, -0.05) is 0 Å². The van der Waals surface area contributed by atoms with Crippen LogP contribution in [0.15, 0.2) is 0 Å². The van der Waals surface area contributed by atoms with E-state index in [0.29, 0.717) is 52.9 Å². The van der Waals surface area contributed by atoms with Crippen molar-refractivity contribution in [1.29, 1.82) is 0 Å². The first kappa shape index (κ1) is 88.8. The number of β-amino-alcohol motifs (C(OH)–C–C–N with tert-alkyl or cyclic N) is 2. The van der Waals surface area contributed by atoms with E-state index >= 15 is 0 Å². The van der Waals surface area contributed by atoms with Crippen LogP contribution >= 0.6 is 0 Å². The van der Waals surface area contributed by atoms with Crippen LogP contribution in [0.5, 0.6) is 0 Å². The van der Waals surface area contributed by atoms with E-state index in [2.05, 4.69) is 0 Å². The Morgan fingerprint density at radius 3 is 0.732 bits per heavy atom. The minimum atomic E-state index is -1.22.